The number of amides is 1. The van der Waals surface area contributed by atoms with E-state index in [0.29, 0.717) is 56.0 Å². The van der Waals surface area contributed by atoms with Crippen LogP contribution in [-0.4, -0.2) is 18.2 Å². The van der Waals surface area contributed by atoms with E-state index in [0.717, 1.165) is 38.6 Å². The van der Waals surface area contributed by atoms with Crippen molar-refractivity contribution in [2.45, 2.75) is 26.9 Å². The van der Waals surface area contributed by atoms with Gasteiger partial charge in [0, 0.05) is 15.6 Å². The third-order valence-corrected chi connectivity index (χ3v) is 9.67. The summed E-state index contributed by atoms with van der Waals surface area (Å²) in [6, 6.07) is 29.4. The van der Waals surface area contributed by atoms with Crippen LogP contribution >= 0.6 is 35.0 Å². The monoisotopic (exact) mass is 678 g/mol. The second-order valence-corrected chi connectivity index (χ2v) is 13.0. The van der Waals surface area contributed by atoms with Crippen molar-refractivity contribution >= 4 is 74.3 Å². The van der Waals surface area contributed by atoms with Crippen molar-refractivity contribution in [3.8, 4) is 11.5 Å². The van der Waals surface area contributed by atoms with E-state index in [1.54, 1.807) is 24.1 Å². The van der Waals surface area contributed by atoms with Crippen LogP contribution in [0.5, 0.6) is 11.5 Å². The quantitative estimate of drug-likeness (QED) is 0.115. The molecule has 0 radical (unpaired) electrons. The number of aryl methyl sites for hydroxylation is 2. The molecule has 0 N–H and O–H groups in total. The van der Waals surface area contributed by atoms with Crippen molar-refractivity contribution in [2.24, 2.45) is 4.99 Å². The molecule has 1 aliphatic rings. The highest BCUT2D eigenvalue weighted by Crippen LogP contribution is 2.41. The second-order valence-electron chi connectivity index (χ2n) is 11.1. The first-order valence-electron chi connectivity index (χ1n) is 15.0. The van der Waals surface area contributed by atoms with Gasteiger partial charge in [0.1, 0.15) is 6.61 Å². The molecule has 0 saturated carbocycles. The third kappa shape index (κ3) is 6.96. The lowest BCUT2D eigenvalue weighted by Gasteiger charge is -2.17. The van der Waals surface area contributed by atoms with Crippen molar-refractivity contribution in [3.05, 3.63) is 146 Å². The molecule has 47 heavy (non-hydrogen) atoms. The molecule has 5 aromatic rings. The average molecular weight is 680 g/mol. The minimum Gasteiger partial charge on any atom is -0.493 e. The van der Waals surface area contributed by atoms with Gasteiger partial charge in [-0.2, -0.15) is 0 Å². The summed E-state index contributed by atoms with van der Waals surface area (Å²) in [5.74, 6) is 0.993. The van der Waals surface area contributed by atoms with E-state index in [1.165, 1.54) is 11.8 Å². The Hall–Kier alpha value is -4.49. The summed E-state index contributed by atoms with van der Waals surface area (Å²) >= 11 is 14.2. The summed E-state index contributed by atoms with van der Waals surface area (Å²) in [6.45, 7) is 8.19. The minimum absolute atomic E-state index is 0.215. The lowest BCUT2D eigenvalue weighted by molar-refractivity contribution is -0.113. The molecule has 236 valence electrons. The fourth-order valence-electron chi connectivity index (χ4n) is 5.37. The highest BCUT2D eigenvalue weighted by molar-refractivity contribution is 8.19. The van der Waals surface area contributed by atoms with E-state index in [4.69, 9.17) is 37.7 Å². The molecule has 0 atom stereocenters. The molecule has 1 amide bonds. The standard InChI is InChI=1S/C39H32Cl2N2O3S/c1-5-9-28-18-26(19-35(45-4)37(28)46-23-29-12-8-11-27-10-6-7-13-32(27)29)20-36-38(44)43(31-17-15-25(3)34(41)22-31)39(47-36)42-30-16-14-24(2)33(40)21-30/h5-8,10-22H,1,9,23H2,2-4H3/b36-20+,42-39?. The maximum atomic E-state index is 14.0. The predicted molar refractivity (Wildman–Crippen MR) is 198 cm³/mol. The van der Waals surface area contributed by atoms with Gasteiger partial charge in [0.15, 0.2) is 16.7 Å². The summed E-state index contributed by atoms with van der Waals surface area (Å²) < 4.78 is 12.3. The van der Waals surface area contributed by atoms with Crippen LogP contribution in [0.1, 0.15) is 27.8 Å². The number of amidine groups is 1. The van der Waals surface area contributed by atoms with Gasteiger partial charge in [0.05, 0.1) is 23.4 Å². The van der Waals surface area contributed by atoms with Crippen LogP contribution in [0, 0.1) is 13.8 Å². The van der Waals surface area contributed by atoms with Crippen LogP contribution in [-0.2, 0) is 17.8 Å². The number of aliphatic imine (C=N–C) groups is 1. The third-order valence-electron chi connectivity index (χ3n) is 7.89. The Bertz CT molecular complexity index is 2080. The van der Waals surface area contributed by atoms with Crippen LogP contribution < -0.4 is 14.4 Å². The normalized spacial score (nSPS) is 14.7. The number of hydrogen-bond acceptors (Lipinski definition) is 5. The molecule has 0 spiro atoms. The Morgan fingerprint density at radius 2 is 1.64 bits per heavy atom. The van der Waals surface area contributed by atoms with Gasteiger partial charge in [0.2, 0.25) is 0 Å². The zero-order valence-corrected chi connectivity index (χ0v) is 28.5. The number of allylic oxidation sites excluding steroid dienone is 1. The highest BCUT2D eigenvalue weighted by atomic mass is 35.5. The van der Waals surface area contributed by atoms with E-state index in [1.807, 2.05) is 80.6 Å². The van der Waals surface area contributed by atoms with Gasteiger partial charge in [-0.25, -0.2) is 4.99 Å². The van der Waals surface area contributed by atoms with E-state index in [-0.39, 0.29) is 5.91 Å². The number of anilines is 1. The van der Waals surface area contributed by atoms with Crippen LogP contribution in [0.4, 0.5) is 11.4 Å². The van der Waals surface area contributed by atoms with Crippen LogP contribution in [0.15, 0.2) is 114 Å². The molecule has 0 aliphatic carbocycles. The van der Waals surface area contributed by atoms with E-state index < -0.39 is 0 Å². The summed E-state index contributed by atoms with van der Waals surface area (Å²) in [5.41, 5.74) is 5.89. The summed E-state index contributed by atoms with van der Waals surface area (Å²) in [5, 5.41) is 3.96. The minimum atomic E-state index is -0.215. The first-order chi connectivity index (χ1) is 22.7. The first kappa shape index (κ1) is 32.5. The van der Waals surface area contributed by atoms with Gasteiger partial charge in [-0.15, -0.1) is 6.58 Å². The molecule has 8 heteroatoms. The maximum Gasteiger partial charge on any atom is 0.271 e. The molecule has 1 saturated heterocycles. The molecule has 0 aromatic heterocycles. The number of fused-ring (bicyclic) bond motifs is 1. The molecule has 1 fully saturated rings. The maximum absolute atomic E-state index is 14.0. The molecule has 1 heterocycles. The lowest BCUT2D eigenvalue weighted by atomic mass is 10.0. The number of halogens is 2. The van der Waals surface area contributed by atoms with Crippen molar-refractivity contribution in [1.82, 2.24) is 0 Å². The fraction of sp³-hybridized carbons (Fsp3) is 0.128. The highest BCUT2D eigenvalue weighted by Gasteiger charge is 2.35. The van der Waals surface area contributed by atoms with Crippen molar-refractivity contribution in [3.63, 3.8) is 0 Å². The number of nitrogens with zero attached hydrogens (tertiary/aromatic N) is 2. The molecule has 0 unspecified atom stereocenters. The smallest absolute Gasteiger partial charge is 0.271 e. The number of benzene rings is 5. The molecule has 5 aromatic carbocycles. The second kappa shape index (κ2) is 14.1. The lowest BCUT2D eigenvalue weighted by Crippen LogP contribution is -2.28. The largest absolute Gasteiger partial charge is 0.493 e. The van der Waals surface area contributed by atoms with Gasteiger partial charge >= 0.3 is 0 Å². The number of carbonyl (C=O) groups is 1. The van der Waals surface area contributed by atoms with Gasteiger partial charge in [-0.3, -0.25) is 9.69 Å². The Kier molecular flexibility index (Phi) is 9.73. The molecular formula is C39H32Cl2N2O3S. The zero-order chi connectivity index (χ0) is 33.1. The van der Waals surface area contributed by atoms with Gasteiger partial charge in [-0.1, -0.05) is 83.9 Å². The molecular weight excluding hydrogens is 647 g/mol. The first-order valence-corrected chi connectivity index (χ1v) is 16.6. The van der Waals surface area contributed by atoms with Crippen LogP contribution in [0.2, 0.25) is 10.0 Å². The Labute approximate surface area is 289 Å². The molecule has 0 bridgehead atoms. The molecule has 5 nitrogen and oxygen atoms in total. The number of ether oxygens (including phenoxy) is 2. The van der Waals surface area contributed by atoms with Crippen molar-refractivity contribution in [2.75, 3.05) is 12.0 Å². The summed E-state index contributed by atoms with van der Waals surface area (Å²) in [4.78, 5) is 21.0. The van der Waals surface area contributed by atoms with E-state index >= 15 is 0 Å². The number of thioether (sulfide) groups is 1. The fourth-order valence-corrected chi connectivity index (χ4v) is 6.72. The Balaban J connectivity index is 1.37. The van der Waals surface area contributed by atoms with Gasteiger partial charge < -0.3 is 9.47 Å². The van der Waals surface area contributed by atoms with Crippen molar-refractivity contribution in [1.29, 1.82) is 0 Å². The van der Waals surface area contributed by atoms with E-state index in [2.05, 4.69) is 30.8 Å². The van der Waals surface area contributed by atoms with Crippen LogP contribution in [0.3, 0.4) is 0 Å². The van der Waals surface area contributed by atoms with Crippen molar-refractivity contribution < 1.29 is 14.3 Å². The van der Waals surface area contributed by atoms with Gasteiger partial charge in [-0.05, 0) is 108 Å². The predicted octanol–water partition coefficient (Wildman–Crippen LogP) is 10.9. The number of carbonyl (C=O) groups excluding carboxylic acids is 1. The average Bonchev–Trinajstić information content (AvgIpc) is 3.36. The van der Waals surface area contributed by atoms with E-state index in [9.17, 15) is 4.79 Å². The Morgan fingerprint density at radius 3 is 2.38 bits per heavy atom. The zero-order valence-electron chi connectivity index (χ0n) is 26.2. The number of hydrogen-bond donors (Lipinski definition) is 0. The van der Waals surface area contributed by atoms with Crippen LogP contribution in [0.25, 0.3) is 16.8 Å². The SMILES string of the molecule is C=CCc1cc(/C=C2/SC(=Nc3ccc(C)c(Cl)c3)N(c3ccc(C)c(Cl)c3)C2=O)cc(OC)c1OCc1cccc2ccccc12. The number of methoxy groups -OCH3 is 1. The van der Waals surface area contributed by atoms with Gasteiger partial charge in [0.25, 0.3) is 5.91 Å². The molecule has 6 rings (SSSR count). The Morgan fingerprint density at radius 1 is 0.894 bits per heavy atom. The number of rotatable bonds is 9. The summed E-state index contributed by atoms with van der Waals surface area (Å²) in [6.07, 6.45) is 4.23. The molecule has 1 aliphatic heterocycles. The topological polar surface area (TPSA) is 51.1 Å². The summed E-state index contributed by atoms with van der Waals surface area (Å²) in [7, 11) is 1.62.